The van der Waals surface area contributed by atoms with Crippen molar-refractivity contribution in [3.05, 3.63) is 23.3 Å². The summed E-state index contributed by atoms with van der Waals surface area (Å²) in [7, 11) is 0. The zero-order chi connectivity index (χ0) is 14.5. The third kappa shape index (κ3) is 3.41. The molecular formula is C15H21N3O2. The van der Waals surface area contributed by atoms with Gasteiger partial charge in [0.05, 0.1) is 18.6 Å². The zero-order valence-electron chi connectivity index (χ0n) is 12.1. The van der Waals surface area contributed by atoms with Gasteiger partial charge in [0.25, 0.3) is 0 Å². The molecule has 0 bridgehead atoms. The van der Waals surface area contributed by atoms with Gasteiger partial charge in [-0.15, -0.1) is 0 Å². The number of ether oxygens (including phenoxy) is 2. The third-order valence-corrected chi connectivity index (χ3v) is 3.40. The summed E-state index contributed by atoms with van der Waals surface area (Å²) in [4.78, 5) is 2.22. The van der Waals surface area contributed by atoms with Crippen molar-refractivity contribution in [2.24, 2.45) is 5.92 Å². The van der Waals surface area contributed by atoms with Gasteiger partial charge in [-0.1, -0.05) is 6.92 Å². The van der Waals surface area contributed by atoms with Crippen LogP contribution in [0, 0.1) is 17.2 Å². The third-order valence-electron chi connectivity index (χ3n) is 3.40. The molecule has 20 heavy (non-hydrogen) atoms. The summed E-state index contributed by atoms with van der Waals surface area (Å²) >= 11 is 0. The first-order chi connectivity index (χ1) is 9.63. The average Bonchev–Trinajstić information content (AvgIpc) is 2.46. The zero-order valence-corrected chi connectivity index (χ0v) is 12.1. The Morgan fingerprint density at radius 2 is 2.30 bits per heavy atom. The number of hydrogen-bond acceptors (Lipinski definition) is 5. The summed E-state index contributed by atoms with van der Waals surface area (Å²) in [5.41, 5.74) is 8.73. The van der Waals surface area contributed by atoms with E-state index in [-0.39, 0.29) is 12.7 Å². The molecule has 108 valence electrons. The van der Waals surface area contributed by atoms with Crippen LogP contribution in [0.15, 0.2) is 12.1 Å². The summed E-state index contributed by atoms with van der Waals surface area (Å²) in [6.07, 6.45) is 0. The van der Waals surface area contributed by atoms with Gasteiger partial charge in [0, 0.05) is 29.9 Å². The fourth-order valence-electron chi connectivity index (χ4n) is 2.42. The highest BCUT2D eigenvalue weighted by Crippen LogP contribution is 2.31. The van der Waals surface area contributed by atoms with Crippen LogP contribution >= 0.6 is 0 Å². The van der Waals surface area contributed by atoms with Crippen molar-refractivity contribution in [1.29, 1.82) is 5.26 Å². The molecule has 0 aliphatic carbocycles. The van der Waals surface area contributed by atoms with Crippen molar-refractivity contribution in [2.75, 3.05) is 25.6 Å². The lowest BCUT2D eigenvalue weighted by atomic mass is 10.1. The van der Waals surface area contributed by atoms with Crippen LogP contribution in [0.4, 0.5) is 5.69 Å². The quantitative estimate of drug-likeness (QED) is 0.833. The maximum atomic E-state index is 8.94. The van der Waals surface area contributed by atoms with Crippen molar-refractivity contribution in [3.63, 3.8) is 0 Å². The Hall–Kier alpha value is -1.77. The highest BCUT2D eigenvalue weighted by molar-refractivity contribution is 5.53. The van der Waals surface area contributed by atoms with Crippen molar-refractivity contribution in [3.8, 4) is 11.8 Å². The van der Waals surface area contributed by atoms with Gasteiger partial charge in [-0.25, -0.2) is 0 Å². The molecule has 1 heterocycles. The molecule has 0 spiro atoms. The number of nitrogens with zero attached hydrogens (tertiary/aromatic N) is 2. The molecule has 5 heteroatoms. The van der Waals surface area contributed by atoms with E-state index in [1.165, 1.54) is 0 Å². The number of nitrogen functional groups attached to an aromatic ring is 1. The van der Waals surface area contributed by atoms with Gasteiger partial charge >= 0.3 is 0 Å². The number of hydrogen-bond donors (Lipinski definition) is 1. The van der Waals surface area contributed by atoms with E-state index in [0.717, 1.165) is 42.2 Å². The molecule has 2 rings (SSSR count). The number of rotatable bonds is 5. The lowest BCUT2D eigenvalue weighted by Crippen LogP contribution is -2.28. The van der Waals surface area contributed by atoms with Crippen molar-refractivity contribution >= 4 is 5.69 Å². The first-order valence-corrected chi connectivity index (χ1v) is 6.87. The average molecular weight is 275 g/mol. The largest absolute Gasteiger partial charge is 0.467 e. The molecule has 1 aromatic rings. The number of nitriles is 1. The summed E-state index contributed by atoms with van der Waals surface area (Å²) in [5, 5.41) is 8.94. The Kier molecular flexibility index (Phi) is 4.83. The Bertz CT molecular complexity index is 511. The van der Waals surface area contributed by atoms with E-state index in [2.05, 4.69) is 17.9 Å². The predicted octanol–water partition coefficient (Wildman–Crippen LogP) is 2.12. The van der Waals surface area contributed by atoms with Crippen molar-refractivity contribution in [2.45, 2.75) is 27.0 Å². The minimum absolute atomic E-state index is 0.0103. The molecule has 5 nitrogen and oxygen atoms in total. The molecule has 2 N–H and O–H groups in total. The van der Waals surface area contributed by atoms with Crippen LogP contribution in [0.25, 0.3) is 0 Å². The van der Waals surface area contributed by atoms with Gasteiger partial charge in [0.15, 0.2) is 6.79 Å². The van der Waals surface area contributed by atoms with Gasteiger partial charge in [0.2, 0.25) is 0 Å². The van der Waals surface area contributed by atoms with Crippen molar-refractivity contribution in [1.82, 2.24) is 4.90 Å². The summed E-state index contributed by atoms with van der Waals surface area (Å²) in [5.74, 6) is 0.893. The molecule has 0 aromatic heterocycles. The molecule has 1 aromatic carbocycles. The molecule has 1 aliphatic heterocycles. The van der Waals surface area contributed by atoms with Gasteiger partial charge in [-0.05, 0) is 25.6 Å². The maximum absolute atomic E-state index is 8.94. The van der Waals surface area contributed by atoms with E-state index in [9.17, 15) is 0 Å². The molecule has 0 fully saturated rings. The molecule has 0 saturated carbocycles. The summed E-state index contributed by atoms with van der Waals surface area (Å²) in [6, 6.07) is 6.11. The van der Waals surface area contributed by atoms with E-state index in [0.29, 0.717) is 6.61 Å². The molecular weight excluding hydrogens is 254 g/mol. The highest BCUT2D eigenvalue weighted by atomic mass is 16.7. The van der Waals surface area contributed by atoms with Gasteiger partial charge in [-0.3, -0.25) is 4.90 Å². The van der Waals surface area contributed by atoms with Crippen LogP contribution < -0.4 is 10.5 Å². The van der Waals surface area contributed by atoms with E-state index >= 15 is 0 Å². The topological polar surface area (TPSA) is 71.5 Å². The van der Waals surface area contributed by atoms with Gasteiger partial charge < -0.3 is 15.2 Å². The molecule has 0 amide bonds. The molecule has 0 saturated heterocycles. The fourth-order valence-corrected chi connectivity index (χ4v) is 2.42. The predicted molar refractivity (Wildman–Crippen MR) is 76.9 cm³/mol. The highest BCUT2D eigenvalue weighted by Gasteiger charge is 2.18. The number of anilines is 1. The lowest BCUT2D eigenvalue weighted by molar-refractivity contribution is -0.0174. The van der Waals surface area contributed by atoms with Crippen LogP contribution in [0.1, 0.15) is 25.0 Å². The van der Waals surface area contributed by atoms with E-state index in [1.54, 1.807) is 0 Å². The standard InChI is InChI=1S/C15H21N3O2/c1-3-18(7-11(2)6-16)8-12-4-14(17)5-13-9-19-10-20-15(12)13/h4-5,11H,3,7-10,17H2,1-2H3. The van der Waals surface area contributed by atoms with Crippen molar-refractivity contribution < 1.29 is 9.47 Å². The Morgan fingerprint density at radius 1 is 1.50 bits per heavy atom. The lowest BCUT2D eigenvalue weighted by Gasteiger charge is -2.26. The smallest absolute Gasteiger partial charge is 0.189 e. The van der Waals surface area contributed by atoms with E-state index in [4.69, 9.17) is 20.5 Å². The van der Waals surface area contributed by atoms with Gasteiger partial charge in [0.1, 0.15) is 5.75 Å². The second-order valence-electron chi connectivity index (χ2n) is 5.14. The monoisotopic (exact) mass is 275 g/mol. The summed E-state index contributed by atoms with van der Waals surface area (Å²) < 4.78 is 10.9. The van der Waals surface area contributed by atoms with Crippen LogP contribution in [0.2, 0.25) is 0 Å². The number of nitrogens with two attached hydrogens (primary N) is 1. The fraction of sp³-hybridized carbons (Fsp3) is 0.533. The van der Waals surface area contributed by atoms with E-state index in [1.807, 2.05) is 19.1 Å². The van der Waals surface area contributed by atoms with Crippen LogP contribution in [0.5, 0.6) is 5.75 Å². The Balaban J connectivity index is 2.19. The van der Waals surface area contributed by atoms with Gasteiger partial charge in [-0.2, -0.15) is 5.26 Å². The Labute approximate surface area is 119 Å². The van der Waals surface area contributed by atoms with Crippen LogP contribution in [-0.2, 0) is 17.9 Å². The number of benzene rings is 1. The second kappa shape index (κ2) is 6.60. The molecule has 1 aliphatic rings. The van der Waals surface area contributed by atoms with E-state index < -0.39 is 0 Å². The van der Waals surface area contributed by atoms with Crippen LogP contribution in [0.3, 0.4) is 0 Å². The minimum Gasteiger partial charge on any atom is -0.467 e. The summed E-state index contributed by atoms with van der Waals surface area (Å²) in [6.45, 7) is 7.20. The molecule has 1 atom stereocenters. The SMILES string of the molecule is CCN(Cc1cc(N)cc2c1OCOC2)CC(C)C#N. The first-order valence-electron chi connectivity index (χ1n) is 6.87. The normalized spacial score (nSPS) is 15.3. The minimum atomic E-state index is 0.0103. The van der Waals surface area contributed by atoms with Crippen LogP contribution in [-0.4, -0.2) is 24.8 Å². The number of fused-ring (bicyclic) bond motifs is 1. The molecule has 0 radical (unpaired) electrons. The Morgan fingerprint density at radius 3 is 3.00 bits per heavy atom. The molecule has 1 unspecified atom stereocenters. The maximum Gasteiger partial charge on any atom is 0.189 e. The second-order valence-corrected chi connectivity index (χ2v) is 5.14. The first kappa shape index (κ1) is 14.6.